The van der Waals surface area contributed by atoms with E-state index in [1.165, 1.54) is 22.6 Å². The van der Waals surface area contributed by atoms with Gasteiger partial charge >= 0.3 is 0 Å². The van der Waals surface area contributed by atoms with Gasteiger partial charge in [-0.05, 0) is 26.0 Å². The zero-order valence-corrected chi connectivity index (χ0v) is 12.6. The number of hydrogen-bond donors (Lipinski definition) is 0. The maximum atomic E-state index is 12.5. The molecule has 1 aliphatic rings. The number of aromatic nitrogens is 1. The number of nitrogens with zero attached hydrogens (tertiary/aromatic N) is 2. The maximum Gasteiger partial charge on any atom is 0.243 e. The molecule has 7 heteroatoms. The van der Waals surface area contributed by atoms with Crippen molar-refractivity contribution in [3.63, 3.8) is 0 Å². The molecule has 2 heterocycles. The van der Waals surface area contributed by atoms with Crippen molar-refractivity contribution in [2.24, 2.45) is 0 Å². The van der Waals surface area contributed by atoms with E-state index in [0.29, 0.717) is 13.1 Å². The average molecular weight is 307 g/mol. The Labute approximate surface area is 117 Å². The number of rotatable bonds is 2. The van der Waals surface area contributed by atoms with Crippen molar-refractivity contribution in [2.75, 3.05) is 18.8 Å². The molecular weight excluding hydrogens is 292 g/mol. The second-order valence-corrected chi connectivity index (χ2v) is 8.89. The van der Waals surface area contributed by atoms with Gasteiger partial charge in [-0.3, -0.25) is 0 Å². The molecule has 4 nitrogen and oxygen atoms in total. The lowest BCUT2D eigenvalue weighted by Crippen LogP contribution is -2.46. The minimum absolute atomic E-state index is 0.0534. The molecule has 0 amide bonds. The van der Waals surface area contributed by atoms with E-state index in [9.17, 15) is 8.42 Å². The van der Waals surface area contributed by atoms with Crippen LogP contribution in [0, 0.1) is 0 Å². The Morgan fingerprint density at radius 3 is 2.83 bits per heavy atom. The summed E-state index contributed by atoms with van der Waals surface area (Å²) in [7, 11) is -3.46. The van der Waals surface area contributed by atoms with Crippen molar-refractivity contribution < 1.29 is 8.42 Å². The molecule has 1 aliphatic heterocycles. The predicted molar refractivity (Wildman–Crippen MR) is 74.5 cm³/mol. The quantitative estimate of drug-likeness (QED) is 0.786. The third-order valence-electron chi connectivity index (χ3n) is 2.73. The maximum absolute atomic E-state index is 12.5. The molecular formula is C11H15ClN2O2S2. The summed E-state index contributed by atoms with van der Waals surface area (Å²) >= 11 is 7.54. The van der Waals surface area contributed by atoms with Gasteiger partial charge < -0.3 is 0 Å². The molecule has 0 saturated carbocycles. The molecule has 1 aromatic heterocycles. The van der Waals surface area contributed by atoms with Crippen LogP contribution in [0.3, 0.4) is 0 Å². The average Bonchev–Trinajstić information content (AvgIpc) is 2.27. The van der Waals surface area contributed by atoms with Crippen LogP contribution in [0.2, 0.25) is 5.15 Å². The Balaban J connectivity index is 2.31. The SMILES string of the molecule is CC1(C)CN(S(=O)(=O)c2ccnc(Cl)c2)CCS1. The van der Waals surface area contributed by atoms with Gasteiger partial charge in [-0.1, -0.05) is 11.6 Å². The van der Waals surface area contributed by atoms with Crippen LogP contribution in [0.25, 0.3) is 0 Å². The van der Waals surface area contributed by atoms with Crippen molar-refractivity contribution in [1.82, 2.24) is 9.29 Å². The van der Waals surface area contributed by atoms with E-state index in [4.69, 9.17) is 11.6 Å². The Hall–Kier alpha value is -0.300. The zero-order chi connectivity index (χ0) is 13.4. The molecule has 2 rings (SSSR count). The van der Waals surface area contributed by atoms with Crippen LogP contribution < -0.4 is 0 Å². The van der Waals surface area contributed by atoms with Gasteiger partial charge in [0.1, 0.15) is 5.15 Å². The monoisotopic (exact) mass is 306 g/mol. The number of halogens is 1. The van der Waals surface area contributed by atoms with Gasteiger partial charge in [-0.15, -0.1) is 0 Å². The smallest absolute Gasteiger partial charge is 0.243 e. The van der Waals surface area contributed by atoms with E-state index >= 15 is 0 Å². The zero-order valence-electron chi connectivity index (χ0n) is 10.3. The fraction of sp³-hybridized carbons (Fsp3) is 0.545. The third-order valence-corrected chi connectivity index (χ3v) is 6.07. The first-order valence-electron chi connectivity index (χ1n) is 5.57. The molecule has 0 aliphatic carbocycles. The molecule has 0 aromatic carbocycles. The van der Waals surface area contributed by atoms with Gasteiger partial charge in [0.05, 0.1) is 4.90 Å². The summed E-state index contributed by atoms with van der Waals surface area (Å²) in [5.41, 5.74) is 0. The lowest BCUT2D eigenvalue weighted by Gasteiger charge is -2.36. The number of hydrogen-bond acceptors (Lipinski definition) is 4. The van der Waals surface area contributed by atoms with Crippen molar-refractivity contribution in [2.45, 2.75) is 23.5 Å². The lowest BCUT2D eigenvalue weighted by atomic mass is 10.2. The summed E-state index contributed by atoms with van der Waals surface area (Å²) in [5.74, 6) is 0.811. The Morgan fingerprint density at radius 1 is 1.50 bits per heavy atom. The Bertz CT molecular complexity index is 546. The van der Waals surface area contributed by atoms with Gasteiger partial charge in [0, 0.05) is 29.8 Å². The molecule has 0 radical (unpaired) electrons. The molecule has 1 aromatic rings. The summed E-state index contributed by atoms with van der Waals surface area (Å²) in [6, 6.07) is 2.88. The summed E-state index contributed by atoms with van der Waals surface area (Å²) < 4.78 is 26.4. The largest absolute Gasteiger partial charge is 0.244 e. The standard InChI is InChI=1S/C11H15ClN2O2S2/c1-11(2)8-14(5-6-17-11)18(15,16)9-3-4-13-10(12)7-9/h3-4,7H,5-6,8H2,1-2H3. The molecule has 1 saturated heterocycles. The Morgan fingerprint density at radius 2 is 2.22 bits per heavy atom. The summed E-state index contributed by atoms with van der Waals surface area (Å²) in [6.45, 7) is 5.16. The first kappa shape index (κ1) is 14.1. The summed E-state index contributed by atoms with van der Waals surface area (Å²) in [5, 5.41) is 0.196. The predicted octanol–water partition coefficient (Wildman–Crippen LogP) is 2.25. The van der Waals surface area contributed by atoms with Gasteiger partial charge in [-0.2, -0.15) is 16.1 Å². The molecule has 0 spiro atoms. The van der Waals surface area contributed by atoms with E-state index in [-0.39, 0.29) is 14.8 Å². The van der Waals surface area contributed by atoms with Crippen LogP contribution in [0.15, 0.2) is 23.2 Å². The van der Waals surface area contributed by atoms with Crippen molar-refractivity contribution in [1.29, 1.82) is 0 Å². The highest BCUT2D eigenvalue weighted by Gasteiger charge is 2.34. The van der Waals surface area contributed by atoms with Crippen molar-refractivity contribution >= 4 is 33.4 Å². The lowest BCUT2D eigenvalue weighted by molar-refractivity contribution is 0.387. The number of thioether (sulfide) groups is 1. The minimum Gasteiger partial charge on any atom is -0.244 e. The van der Waals surface area contributed by atoms with Gasteiger partial charge in [0.15, 0.2) is 0 Å². The molecule has 0 N–H and O–H groups in total. The highest BCUT2D eigenvalue weighted by molar-refractivity contribution is 8.00. The Kier molecular flexibility index (Phi) is 3.92. The highest BCUT2D eigenvalue weighted by atomic mass is 35.5. The van der Waals surface area contributed by atoms with E-state index in [1.807, 2.05) is 0 Å². The second kappa shape index (κ2) is 5.00. The van der Waals surface area contributed by atoms with Crippen LogP contribution >= 0.6 is 23.4 Å². The van der Waals surface area contributed by atoms with E-state index < -0.39 is 10.0 Å². The van der Waals surface area contributed by atoms with Crippen molar-refractivity contribution in [3.8, 4) is 0 Å². The van der Waals surface area contributed by atoms with Crippen LogP contribution in [0.1, 0.15) is 13.8 Å². The fourth-order valence-electron chi connectivity index (χ4n) is 1.87. The van der Waals surface area contributed by atoms with Crippen LogP contribution in [0.4, 0.5) is 0 Å². The molecule has 0 atom stereocenters. The third kappa shape index (κ3) is 2.99. The number of pyridine rings is 1. The summed E-state index contributed by atoms with van der Waals surface area (Å²) in [6.07, 6.45) is 1.42. The van der Waals surface area contributed by atoms with Gasteiger partial charge in [-0.25, -0.2) is 13.4 Å². The molecule has 18 heavy (non-hydrogen) atoms. The number of sulfonamides is 1. The van der Waals surface area contributed by atoms with E-state index in [1.54, 1.807) is 11.8 Å². The topological polar surface area (TPSA) is 50.3 Å². The molecule has 0 bridgehead atoms. The first-order chi connectivity index (χ1) is 8.31. The van der Waals surface area contributed by atoms with Crippen LogP contribution in [-0.4, -0.2) is 41.3 Å². The van der Waals surface area contributed by atoms with Crippen LogP contribution in [-0.2, 0) is 10.0 Å². The molecule has 100 valence electrons. The molecule has 1 fully saturated rings. The van der Waals surface area contributed by atoms with Crippen molar-refractivity contribution in [3.05, 3.63) is 23.5 Å². The fourth-order valence-corrected chi connectivity index (χ4v) is 5.04. The second-order valence-electron chi connectivity index (χ2n) is 4.76. The first-order valence-corrected chi connectivity index (χ1v) is 8.37. The van der Waals surface area contributed by atoms with E-state index in [0.717, 1.165) is 5.75 Å². The van der Waals surface area contributed by atoms with Gasteiger partial charge in [0.2, 0.25) is 10.0 Å². The minimum atomic E-state index is -3.46. The van der Waals surface area contributed by atoms with E-state index in [2.05, 4.69) is 18.8 Å². The highest BCUT2D eigenvalue weighted by Crippen LogP contribution is 2.32. The molecule has 0 unspecified atom stereocenters. The summed E-state index contributed by atoms with van der Waals surface area (Å²) in [4.78, 5) is 4.02. The van der Waals surface area contributed by atoms with Crippen LogP contribution in [0.5, 0.6) is 0 Å². The van der Waals surface area contributed by atoms with Gasteiger partial charge in [0.25, 0.3) is 0 Å². The normalized spacial score (nSPS) is 20.8.